The number of hydrazine groups is 1. The first-order valence-electron chi connectivity index (χ1n) is 6.14. The van der Waals surface area contributed by atoms with E-state index < -0.39 is 0 Å². The van der Waals surface area contributed by atoms with Gasteiger partial charge in [-0.25, -0.2) is 15.2 Å². The van der Waals surface area contributed by atoms with Crippen molar-refractivity contribution in [3.63, 3.8) is 0 Å². The van der Waals surface area contributed by atoms with Gasteiger partial charge in [0.05, 0.1) is 5.56 Å². The smallest absolute Gasteiger partial charge is 0.252 e. The number of carbonyl (C=O) groups is 1. The third-order valence-corrected chi connectivity index (χ3v) is 2.76. The van der Waals surface area contributed by atoms with Crippen LogP contribution in [-0.2, 0) is 6.42 Å². The molecule has 1 aromatic heterocycles. The van der Waals surface area contributed by atoms with Gasteiger partial charge in [-0.3, -0.25) is 4.79 Å². The van der Waals surface area contributed by atoms with Gasteiger partial charge in [-0.2, -0.15) is 0 Å². The molecule has 1 aromatic carbocycles. The number of nitrogens with two attached hydrogens (primary N) is 1. The molecule has 6 heteroatoms. The quantitative estimate of drug-likeness (QED) is 0.570. The van der Waals surface area contributed by atoms with Crippen LogP contribution in [0, 0.1) is 5.82 Å². The van der Waals surface area contributed by atoms with Crippen LogP contribution in [0.4, 0.5) is 10.2 Å². The van der Waals surface area contributed by atoms with Gasteiger partial charge in [-0.1, -0.05) is 12.1 Å². The van der Waals surface area contributed by atoms with E-state index in [2.05, 4.69) is 15.7 Å². The maximum absolute atomic E-state index is 13.0. The molecule has 104 valence electrons. The van der Waals surface area contributed by atoms with Crippen molar-refractivity contribution in [2.75, 3.05) is 12.0 Å². The van der Waals surface area contributed by atoms with E-state index in [4.69, 9.17) is 5.84 Å². The first-order valence-corrected chi connectivity index (χ1v) is 6.14. The summed E-state index contributed by atoms with van der Waals surface area (Å²) in [6.45, 7) is 0.430. The number of nitrogen functional groups attached to an aromatic ring is 1. The van der Waals surface area contributed by atoms with Gasteiger partial charge >= 0.3 is 0 Å². The molecule has 0 radical (unpaired) electrons. The number of pyridine rings is 1. The molecule has 0 aliphatic rings. The Labute approximate surface area is 116 Å². The van der Waals surface area contributed by atoms with Crippen LogP contribution in [0.5, 0.6) is 0 Å². The maximum Gasteiger partial charge on any atom is 0.252 e. The summed E-state index contributed by atoms with van der Waals surface area (Å²) in [5, 5.41) is 2.75. The second kappa shape index (κ2) is 6.63. The van der Waals surface area contributed by atoms with E-state index in [9.17, 15) is 9.18 Å². The fourth-order valence-electron chi connectivity index (χ4n) is 1.73. The largest absolute Gasteiger partial charge is 0.352 e. The van der Waals surface area contributed by atoms with E-state index in [1.807, 2.05) is 6.07 Å². The molecule has 0 unspecified atom stereocenters. The zero-order chi connectivity index (χ0) is 14.4. The Morgan fingerprint density at radius 1 is 1.30 bits per heavy atom. The van der Waals surface area contributed by atoms with Crippen molar-refractivity contribution in [3.05, 3.63) is 59.5 Å². The molecule has 1 heterocycles. The van der Waals surface area contributed by atoms with Crippen LogP contribution < -0.4 is 16.6 Å². The number of amides is 1. The number of rotatable bonds is 5. The molecular formula is C14H15FN4O. The standard InChI is InChI=1S/C14H15FN4O/c15-12-3-1-2-10(8-12)6-7-17-14(20)11-4-5-13(19-16)18-9-11/h1-5,8-9H,6-7,16H2,(H,17,20)(H,18,19). The second-order valence-electron chi connectivity index (χ2n) is 4.21. The highest BCUT2D eigenvalue weighted by atomic mass is 19.1. The zero-order valence-electron chi connectivity index (χ0n) is 10.8. The summed E-state index contributed by atoms with van der Waals surface area (Å²) in [4.78, 5) is 15.8. The van der Waals surface area contributed by atoms with Crippen molar-refractivity contribution in [1.29, 1.82) is 0 Å². The molecule has 1 amide bonds. The minimum Gasteiger partial charge on any atom is -0.352 e. The summed E-state index contributed by atoms with van der Waals surface area (Å²) in [6, 6.07) is 9.55. The van der Waals surface area contributed by atoms with E-state index in [1.54, 1.807) is 18.2 Å². The number of halogens is 1. The van der Waals surface area contributed by atoms with E-state index in [1.165, 1.54) is 18.3 Å². The molecule has 2 rings (SSSR count). The fraction of sp³-hybridized carbons (Fsp3) is 0.143. The lowest BCUT2D eigenvalue weighted by atomic mass is 10.1. The molecule has 0 spiro atoms. The summed E-state index contributed by atoms with van der Waals surface area (Å²) in [7, 11) is 0. The lowest BCUT2D eigenvalue weighted by molar-refractivity contribution is 0.0954. The van der Waals surface area contributed by atoms with Crippen LogP contribution in [0.15, 0.2) is 42.6 Å². The second-order valence-corrected chi connectivity index (χ2v) is 4.21. The summed E-state index contributed by atoms with van der Waals surface area (Å²) >= 11 is 0. The van der Waals surface area contributed by atoms with Crippen LogP contribution >= 0.6 is 0 Å². The Hall–Kier alpha value is -2.47. The number of anilines is 1. The van der Waals surface area contributed by atoms with Gasteiger partial charge in [0.1, 0.15) is 11.6 Å². The van der Waals surface area contributed by atoms with E-state index in [-0.39, 0.29) is 11.7 Å². The number of nitrogens with one attached hydrogen (secondary N) is 2. The van der Waals surface area contributed by atoms with Crippen molar-refractivity contribution in [3.8, 4) is 0 Å². The Bertz CT molecular complexity index is 586. The minimum absolute atomic E-state index is 0.225. The van der Waals surface area contributed by atoms with Crippen molar-refractivity contribution in [2.24, 2.45) is 5.84 Å². The zero-order valence-corrected chi connectivity index (χ0v) is 10.8. The average molecular weight is 274 g/mol. The Morgan fingerprint density at radius 2 is 2.15 bits per heavy atom. The first kappa shape index (κ1) is 14.0. The average Bonchev–Trinajstić information content (AvgIpc) is 2.47. The molecule has 0 atom stereocenters. The lowest BCUT2D eigenvalue weighted by Gasteiger charge is -2.06. The predicted molar refractivity (Wildman–Crippen MR) is 74.5 cm³/mol. The van der Waals surface area contributed by atoms with Crippen LogP contribution in [-0.4, -0.2) is 17.4 Å². The van der Waals surface area contributed by atoms with E-state index in [0.717, 1.165) is 5.56 Å². The SMILES string of the molecule is NNc1ccc(C(=O)NCCc2cccc(F)c2)cn1. The molecule has 0 saturated heterocycles. The molecule has 0 aliphatic carbocycles. The Morgan fingerprint density at radius 3 is 2.80 bits per heavy atom. The van der Waals surface area contributed by atoms with Crippen LogP contribution in [0.3, 0.4) is 0 Å². The highest BCUT2D eigenvalue weighted by molar-refractivity contribution is 5.94. The molecule has 5 nitrogen and oxygen atoms in total. The van der Waals surface area contributed by atoms with Crippen molar-refractivity contribution < 1.29 is 9.18 Å². The molecule has 2 aromatic rings. The van der Waals surface area contributed by atoms with Gasteiger partial charge in [-0.05, 0) is 36.2 Å². The van der Waals surface area contributed by atoms with Gasteiger partial charge in [0.15, 0.2) is 0 Å². The van der Waals surface area contributed by atoms with E-state index in [0.29, 0.717) is 24.3 Å². The number of hydrogen-bond donors (Lipinski definition) is 3. The van der Waals surface area contributed by atoms with Gasteiger partial charge in [-0.15, -0.1) is 0 Å². The molecule has 0 fully saturated rings. The fourth-order valence-corrected chi connectivity index (χ4v) is 1.73. The number of hydrogen-bond acceptors (Lipinski definition) is 4. The minimum atomic E-state index is -0.275. The third-order valence-electron chi connectivity index (χ3n) is 2.76. The number of carbonyl (C=O) groups excluding carboxylic acids is 1. The van der Waals surface area contributed by atoms with Crippen molar-refractivity contribution in [2.45, 2.75) is 6.42 Å². The summed E-state index contributed by atoms with van der Waals surface area (Å²) in [5.41, 5.74) is 3.67. The summed E-state index contributed by atoms with van der Waals surface area (Å²) in [5.74, 6) is 5.18. The first-order chi connectivity index (χ1) is 9.69. The topological polar surface area (TPSA) is 80.0 Å². The Kier molecular flexibility index (Phi) is 4.62. The highest BCUT2D eigenvalue weighted by Crippen LogP contribution is 2.05. The number of aromatic nitrogens is 1. The van der Waals surface area contributed by atoms with E-state index >= 15 is 0 Å². The van der Waals surface area contributed by atoms with Crippen LogP contribution in [0.1, 0.15) is 15.9 Å². The molecule has 0 bridgehead atoms. The molecule has 4 N–H and O–H groups in total. The normalized spacial score (nSPS) is 10.1. The van der Waals surface area contributed by atoms with Gasteiger partial charge in [0.2, 0.25) is 0 Å². The summed E-state index contributed by atoms with van der Waals surface area (Å²) in [6.07, 6.45) is 2.01. The number of benzene rings is 1. The summed E-state index contributed by atoms with van der Waals surface area (Å²) < 4.78 is 13.0. The van der Waals surface area contributed by atoms with Gasteiger partial charge in [0, 0.05) is 12.7 Å². The van der Waals surface area contributed by atoms with Crippen molar-refractivity contribution in [1.82, 2.24) is 10.3 Å². The Balaban J connectivity index is 1.85. The predicted octanol–water partition coefficient (Wildman–Crippen LogP) is 1.48. The van der Waals surface area contributed by atoms with Crippen LogP contribution in [0.2, 0.25) is 0 Å². The highest BCUT2D eigenvalue weighted by Gasteiger charge is 2.05. The molecule has 0 saturated carbocycles. The maximum atomic E-state index is 13.0. The van der Waals surface area contributed by atoms with Crippen LogP contribution in [0.25, 0.3) is 0 Å². The van der Waals surface area contributed by atoms with Gasteiger partial charge in [0.25, 0.3) is 5.91 Å². The number of nitrogens with zero attached hydrogens (tertiary/aromatic N) is 1. The monoisotopic (exact) mass is 274 g/mol. The molecule has 0 aliphatic heterocycles. The van der Waals surface area contributed by atoms with Gasteiger partial charge < -0.3 is 10.7 Å². The third kappa shape index (κ3) is 3.76. The molecular weight excluding hydrogens is 259 g/mol. The molecule has 20 heavy (non-hydrogen) atoms. The lowest BCUT2D eigenvalue weighted by Crippen LogP contribution is -2.25. The van der Waals surface area contributed by atoms with Crippen molar-refractivity contribution >= 4 is 11.7 Å².